The third kappa shape index (κ3) is 2.76. The number of ether oxygens (including phenoxy) is 1. The zero-order valence-corrected chi connectivity index (χ0v) is 10.3. The van der Waals surface area contributed by atoms with Gasteiger partial charge in [0.05, 0.1) is 6.61 Å². The van der Waals surface area contributed by atoms with Crippen LogP contribution in [0.4, 0.5) is 43.9 Å². The first-order valence-electron chi connectivity index (χ1n) is 5.04. The number of carbonyl (C=O) groups excluding carboxylic acids is 1. The van der Waals surface area contributed by atoms with E-state index in [1.807, 2.05) is 0 Å². The second kappa shape index (κ2) is 5.20. The van der Waals surface area contributed by atoms with Crippen LogP contribution >= 0.6 is 0 Å². The summed E-state index contributed by atoms with van der Waals surface area (Å²) in [7, 11) is 0. The monoisotopic (exact) mass is 338 g/mol. The quantitative estimate of drug-likeness (QED) is 0.545. The molecule has 0 saturated heterocycles. The minimum atomic E-state index is -7.23. The molecular formula is C9H8F10O2. The van der Waals surface area contributed by atoms with E-state index in [0.29, 0.717) is 0 Å². The highest BCUT2D eigenvalue weighted by Gasteiger charge is 2.87. The van der Waals surface area contributed by atoms with E-state index in [9.17, 15) is 48.7 Å². The molecule has 0 heterocycles. The number of halogens is 10. The summed E-state index contributed by atoms with van der Waals surface area (Å²) in [5.41, 5.74) is 0. The predicted octanol–water partition coefficient (Wildman–Crippen LogP) is 3.75. The summed E-state index contributed by atoms with van der Waals surface area (Å²) in [6.45, 7) is -0.991. The second-order valence-electron chi connectivity index (χ2n) is 3.91. The molecule has 0 aliphatic carbocycles. The molecule has 0 aromatic carbocycles. The van der Waals surface area contributed by atoms with Gasteiger partial charge in [-0.15, -0.1) is 0 Å². The lowest BCUT2D eigenvalue weighted by molar-refractivity contribution is -0.394. The van der Waals surface area contributed by atoms with E-state index in [1.165, 1.54) is 0 Å². The number of esters is 1. The van der Waals surface area contributed by atoms with E-state index in [0.717, 1.165) is 6.92 Å². The lowest BCUT2D eigenvalue weighted by atomic mass is 9.95. The maximum absolute atomic E-state index is 13.0. The van der Waals surface area contributed by atoms with Gasteiger partial charge in [0.1, 0.15) is 0 Å². The molecule has 0 radical (unpaired) electrons. The third-order valence-electron chi connectivity index (χ3n) is 2.27. The summed E-state index contributed by atoms with van der Waals surface area (Å²) in [6.07, 6.45) is 0. The highest BCUT2D eigenvalue weighted by Crippen LogP contribution is 2.56. The van der Waals surface area contributed by atoms with E-state index < -0.39 is 49.1 Å². The van der Waals surface area contributed by atoms with Crippen LogP contribution in [-0.4, -0.2) is 42.2 Å². The van der Waals surface area contributed by atoms with Gasteiger partial charge in [-0.25, -0.2) is 4.79 Å². The maximum atomic E-state index is 13.0. The van der Waals surface area contributed by atoms with Gasteiger partial charge >= 0.3 is 35.6 Å². The zero-order chi connectivity index (χ0) is 17.5. The molecule has 0 bridgehead atoms. The van der Waals surface area contributed by atoms with E-state index >= 15 is 0 Å². The Labute approximate surface area is 111 Å². The van der Waals surface area contributed by atoms with Crippen molar-refractivity contribution in [1.82, 2.24) is 0 Å². The van der Waals surface area contributed by atoms with E-state index in [1.54, 1.807) is 0 Å². The maximum Gasteiger partial charge on any atom is 0.410 e. The Balaban J connectivity index is 5.94. The van der Waals surface area contributed by atoms with Gasteiger partial charge in [0.25, 0.3) is 0 Å². The van der Waals surface area contributed by atoms with Gasteiger partial charge in [-0.1, -0.05) is 0 Å². The molecule has 0 atom stereocenters. The molecule has 0 fully saturated rings. The Bertz CT molecular complexity index is 398. The average Bonchev–Trinajstić information content (AvgIpc) is 2.26. The van der Waals surface area contributed by atoms with Crippen molar-refractivity contribution in [3.63, 3.8) is 0 Å². The molecule has 0 unspecified atom stereocenters. The van der Waals surface area contributed by atoms with Crippen LogP contribution in [0.15, 0.2) is 0 Å². The molecule has 12 heteroatoms. The number of carbonyl (C=O) groups is 1. The summed E-state index contributed by atoms with van der Waals surface area (Å²) in [4.78, 5) is 10.5. The van der Waals surface area contributed by atoms with E-state index in [4.69, 9.17) is 0 Å². The van der Waals surface area contributed by atoms with Crippen LogP contribution in [0.25, 0.3) is 0 Å². The van der Waals surface area contributed by atoms with Crippen molar-refractivity contribution in [3.8, 4) is 0 Å². The van der Waals surface area contributed by atoms with Gasteiger partial charge in [0.15, 0.2) is 0 Å². The van der Waals surface area contributed by atoms with Gasteiger partial charge in [0, 0.05) is 6.92 Å². The fourth-order valence-corrected chi connectivity index (χ4v) is 1.02. The molecule has 0 N–H and O–H groups in total. The van der Waals surface area contributed by atoms with Crippen LogP contribution in [0, 0.1) is 0 Å². The first-order valence-corrected chi connectivity index (χ1v) is 5.04. The summed E-state index contributed by atoms with van der Waals surface area (Å²) in [5.74, 6) is -36.6. The topological polar surface area (TPSA) is 26.3 Å². The smallest absolute Gasteiger partial charge is 0.410 e. The van der Waals surface area contributed by atoms with Gasteiger partial charge < -0.3 is 4.74 Å². The summed E-state index contributed by atoms with van der Waals surface area (Å²) in [5, 5.41) is 0. The Morgan fingerprint density at radius 3 is 1.48 bits per heavy atom. The van der Waals surface area contributed by atoms with E-state index in [-0.39, 0.29) is 0 Å². The van der Waals surface area contributed by atoms with Crippen molar-refractivity contribution >= 4 is 5.97 Å². The van der Waals surface area contributed by atoms with Crippen LogP contribution in [0.5, 0.6) is 0 Å². The molecule has 0 saturated carbocycles. The molecular weight excluding hydrogens is 330 g/mol. The molecule has 21 heavy (non-hydrogen) atoms. The summed E-state index contributed by atoms with van der Waals surface area (Å²) >= 11 is 0. The number of rotatable bonds is 6. The lowest BCUT2D eigenvalue weighted by Gasteiger charge is -2.37. The second-order valence-corrected chi connectivity index (χ2v) is 3.91. The van der Waals surface area contributed by atoms with Crippen LogP contribution in [0.1, 0.15) is 13.8 Å². The normalized spacial score (nSPS) is 15.0. The van der Waals surface area contributed by atoms with Crippen LogP contribution in [0.2, 0.25) is 0 Å². The minimum Gasteiger partial charge on any atom is -0.461 e. The fraction of sp³-hybridized carbons (Fsp3) is 0.889. The number of hydrogen-bond acceptors (Lipinski definition) is 2. The largest absolute Gasteiger partial charge is 0.461 e. The van der Waals surface area contributed by atoms with Crippen LogP contribution < -0.4 is 0 Å². The molecule has 0 aliphatic rings. The van der Waals surface area contributed by atoms with Crippen molar-refractivity contribution in [2.24, 2.45) is 0 Å². The molecule has 2 nitrogen and oxygen atoms in total. The van der Waals surface area contributed by atoms with Crippen molar-refractivity contribution in [3.05, 3.63) is 0 Å². The Hall–Kier alpha value is -1.23. The molecule has 0 aromatic rings. The van der Waals surface area contributed by atoms with Gasteiger partial charge in [-0.05, 0) is 6.92 Å². The first kappa shape index (κ1) is 19.8. The Morgan fingerprint density at radius 1 is 0.810 bits per heavy atom. The average molecular weight is 338 g/mol. The van der Waals surface area contributed by atoms with Crippen molar-refractivity contribution in [2.45, 2.75) is 43.5 Å². The Morgan fingerprint density at radius 2 is 1.19 bits per heavy atom. The SMILES string of the molecule is CCOC(=O)C(F)(F)C(F)(F)C(F)(F)C(F)(F)C(C)(F)F. The lowest BCUT2D eigenvalue weighted by Crippen LogP contribution is -2.68. The molecule has 0 amide bonds. The van der Waals surface area contributed by atoms with Gasteiger partial charge in [-0.3, -0.25) is 0 Å². The summed E-state index contributed by atoms with van der Waals surface area (Å²) in [6, 6.07) is 0. The van der Waals surface area contributed by atoms with Crippen molar-refractivity contribution in [1.29, 1.82) is 0 Å². The zero-order valence-electron chi connectivity index (χ0n) is 10.3. The number of hydrogen-bond donors (Lipinski definition) is 0. The van der Waals surface area contributed by atoms with Crippen molar-refractivity contribution in [2.75, 3.05) is 6.61 Å². The molecule has 126 valence electrons. The highest BCUT2D eigenvalue weighted by molar-refractivity contribution is 5.79. The van der Waals surface area contributed by atoms with Gasteiger partial charge in [-0.2, -0.15) is 43.9 Å². The van der Waals surface area contributed by atoms with Crippen molar-refractivity contribution < 1.29 is 53.4 Å². The fourth-order valence-electron chi connectivity index (χ4n) is 1.02. The molecule has 0 spiro atoms. The predicted molar refractivity (Wildman–Crippen MR) is 47.0 cm³/mol. The standard InChI is InChI=1S/C9H8F10O2/c1-3-21-4(20)6(12,13)8(16,17)9(18,19)7(14,15)5(2,10)11/h3H2,1-2H3. The van der Waals surface area contributed by atoms with E-state index in [2.05, 4.69) is 4.74 Å². The molecule has 0 aromatic heterocycles. The molecule has 0 aliphatic heterocycles. The highest BCUT2D eigenvalue weighted by atomic mass is 19.4. The first-order chi connectivity index (χ1) is 8.98. The van der Waals surface area contributed by atoms with Gasteiger partial charge in [0.2, 0.25) is 0 Å². The van der Waals surface area contributed by atoms with Crippen LogP contribution in [-0.2, 0) is 9.53 Å². The Kier molecular flexibility index (Phi) is 4.89. The summed E-state index contributed by atoms with van der Waals surface area (Å²) < 4.78 is 131. The molecule has 0 rings (SSSR count). The number of alkyl halides is 10. The van der Waals surface area contributed by atoms with Crippen LogP contribution in [0.3, 0.4) is 0 Å². The minimum absolute atomic E-state index is 0.832. The third-order valence-corrected chi connectivity index (χ3v) is 2.27.